The Balaban J connectivity index is 1.94. The lowest BCUT2D eigenvalue weighted by Gasteiger charge is -2.02. The van der Waals surface area contributed by atoms with Crippen LogP contribution in [-0.4, -0.2) is 26.4 Å². The molecule has 0 spiro atoms. The van der Waals surface area contributed by atoms with Gasteiger partial charge in [-0.1, -0.05) is 13.3 Å². The van der Waals surface area contributed by atoms with Gasteiger partial charge < -0.3 is 0 Å². The largest absolute Gasteiger partial charge is 0.294 e. The summed E-state index contributed by atoms with van der Waals surface area (Å²) >= 11 is 0. The molecule has 1 amide bonds. The highest BCUT2D eigenvalue weighted by Gasteiger charge is 2.18. The van der Waals surface area contributed by atoms with Crippen LogP contribution in [0.15, 0.2) is 58.7 Å². The number of carbonyl (C=O) groups excluding carboxylic acids is 1. The number of nitrogens with one attached hydrogen (secondary N) is 2. The van der Waals surface area contributed by atoms with Gasteiger partial charge in [-0.15, -0.1) is 0 Å². The average Bonchev–Trinajstić information content (AvgIpc) is 3.03. The van der Waals surface area contributed by atoms with Crippen molar-refractivity contribution in [1.82, 2.24) is 20.2 Å². The van der Waals surface area contributed by atoms with Crippen molar-refractivity contribution in [3.8, 4) is 5.69 Å². The Bertz CT molecular complexity index is 1050. The Hall–Kier alpha value is -3.55. The first kappa shape index (κ1) is 19.2. The zero-order valence-electron chi connectivity index (χ0n) is 15.6. The number of hydrazone groups is 1. The third kappa shape index (κ3) is 4.06. The molecule has 3 aromatic rings. The summed E-state index contributed by atoms with van der Waals surface area (Å²) in [5, 5.41) is 7.17. The SMILES string of the molecule is CCCc1[nH]n(-c2ccc(F)cc2)c(=O)c1C(C)=NNC(=O)c1ccncc1. The van der Waals surface area contributed by atoms with E-state index in [9.17, 15) is 14.0 Å². The molecule has 8 heteroatoms. The molecular weight excluding hydrogens is 361 g/mol. The predicted octanol–water partition coefficient (Wildman–Crippen LogP) is 2.81. The van der Waals surface area contributed by atoms with Crippen molar-refractivity contribution in [3.63, 3.8) is 0 Å². The summed E-state index contributed by atoms with van der Waals surface area (Å²) in [6.07, 6.45) is 4.47. The Morgan fingerprint density at radius 2 is 1.89 bits per heavy atom. The van der Waals surface area contributed by atoms with E-state index in [1.807, 2.05) is 6.92 Å². The molecule has 0 aliphatic rings. The second-order valence-electron chi connectivity index (χ2n) is 6.21. The fourth-order valence-electron chi connectivity index (χ4n) is 2.82. The van der Waals surface area contributed by atoms with Crippen LogP contribution in [0.1, 0.15) is 41.9 Å². The number of aromatic amines is 1. The van der Waals surface area contributed by atoms with Gasteiger partial charge >= 0.3 is 0 Å². The van der Waals surface area contributed by atoms with Crippen LogP contribution in [0, 0.1) is 5.82 Å². The number of rotatable bonds is 6. The summed E-state index contributed by atoms with van der Waals surface area (Å²) in [5.41, 5.74) is 4.56. The molecule has 144 valence electrons. The highest BCUT2D eigenvalue weighted by molar-refractivity contribution is 6.01. The van der Waals surface area contributed by atoms with Crippen LogP contribution in [-0.2, 0) is 6.42 Å². The molecular formula is C20H20FN5O2. The van der Waals surface area contributed by atoms with Crippen molar-refractivity contribution in [3.05, 3.63) is 81.8 Å². The van der Waals surface area contributed by atoms with Crippen molar-refractivity contribution in [1.29, 1.82) is 0 Å². The van der Waals surface area contributed by atoms with Gasteiger partial charge in [-0.2, -0.15) is 5.10 Å². The van der Waals surface area contributed by atoms with Crippen LogP contribution in [0.25, 0.3) is 5.69 Å². The van der Waals surface area contributed by atoms with Gasteiger partial charge in [0.1, 0.15) is 5.82 Å². The number of halogens is 1. The Labute approximate surface area is 160 Å². The van der Waals surface area contributed by atoms with Crippen LogP contribution in [0.5, 0.6) is 0 Å². The van der Waals surface area contributed by atoms with Crippen molar-refractivity contribution in [2.45, 2.75) is 26.7 Å². The summed E-state index contributed by atoms with van der Waals surface area (Å²) in [5.74, 6) is -0.776. The molecule has 1 aromatic carbocycles. The summed E-state index contributed by atoms with van der Waals surface area (Å²) in [6.45, 7) is 3.65. The highest BCUT2D eigenvalue weighted by Crippen LogP contribution is 2.11. The van der Waals surface area contributed by atoms with E-state index in [1.165, 1.54) is 41.3 Å². The number of hydrogen-bond acceptors (Lipinski definition) is 4. The van der Waals surface area contributed by atoms with Crippen LogP contribution in [0.3, 0.4) is 0 Å². The van der Waals surface area contributed by atoms with E-state index in [4.69, 9.17) is 0 Å². The van der Waals surface area contributed by atoms with E-state index in [1.54, 1.807) is 19.1 Å². The molecule has 0 fully saturated rings. The van der Waals surface area contributed by atoms with Gasteiger partial charge in [0.15, 0.2) is 0 Å². The third-order valence-corrected chi connectivity index (χ3v) is 4.18. The summed E-state index contributed by atoms with van der Waals surface area (Å²) in [7, 11) is 0. The molecule has 0 saturated heterocycles. The first-order valence-electron chi connectivity index (χ1n) is 8.86. The molecule has 0 atom stereocenters. The fourth-order valence-corrected chi connectivity index (χ4v) is 2.82. The van der Waals surface area contributed by atoms with Crippen molar-refractivity contribution in [2.24, 2.45) is 5.10 Å². The number of aromatic nitrogens is 3. The Kier molecular flexibility index (Phi) is 5.78. The molecule has 0 radical (unpaired) electrons. The van der Waals surface area contributed by atoms with Crippen LogP contribution in [0.2, 0.25) is 0 Å². The van der Waals surface area contributed by atoms with Gasteiger partial charge in [-0.25, -0.2) is 14.5 Å². The van der Waals surface area contributed by atoms with Crippen molar-refractivity contribution >= 4 is 11.6 Å². The maximum absolute atomic E-state index is 13.2. The van der Waals surface area contributed by atoms with Crippen LogP contribution < -0.4 is 11.0 Å². The maximum atomic E-state index is 13.2. The lowest BCUT2D eigenvalue weighted by Crippen LogP contribution is -2.23. The molecule has 7 nitrogen and oxygen atoms in total. The maximum Gasteiger partial charge on any atom is 0.280 e. The van der Waals surface area contributed by atoms with Gasteiger partial charge in [0.05, 0.1) is 17.0 Å². The minimum atomic E-state index is -0.395. The number of hydrogen-bond donors (Lipinski definition) is 2. The van der Waals surface area contributed by atoms with E-state index in [0.29, 0.717) is 34.6 Å². The minimum Gasteiger partial charge on any atom is -0.294 e. The van der Waals surface area contributed by atoms with Gasteiger partial charge in [0.2, 0.25) is 0 Å². The van der Waals surface area contributed by atoms with Crippen LogP contribution >= 0.6 is 0 Å². The second-order valence-corrected chi connectivity index (χ2v) is 6.21. The molecule has 0 unspecified atom stereocenters. The lowest BCUT2D eigenvalue weighted by molar-refractivity contribution is 0.0954. The summed E-state index contributed by atoms with van der Waals surface area (Å²) in [4.78, 5) is 29.0. The van der Waals surface area contributed by atoms with Gasteiger partial charge in [0, 0.05) is 23.7 Å². The van der Waals surface area contributed by atoms with E-state index in [0.717, 1.165) is 6.42 Å². The topological polar surface area (TPSA) is 92.1 Å². The number of amides is 1. The molecule has 2 aromatic heterocycles. The van der Waals surface area contributed by atoms with Gasteiger partial charge in [-0.3, -0.25) is 19.7 Å². The number of pyridine rings is 1. The summed E-state index contributed by atoms with van der Waals surface area (Å²) < 4.78 is 14.5. The van der Waals surface area contributed by atoms with Crippen LogP contribution in [0.4, 0.5) is 4.39 Å². The first-order valence-corrected chi connectivity index (χ1v) is 8.86. The third-order valence-electron chi connectivity index (χ3n) is 4.18. The molecule has 2 heterocycles. The van der Waals surface area contributed by atoms with E-state index in [-0.39, 0.29) is 11.4 Å². The summed E-state index contributed by atoms with van der Waals surface area (Å²) in [6, 6.07) is 8.76. The van der Waals surface area contributed by atoms with E-state index in [2.05, 4.69) is 20.6 Å². The Morgan fingerprint density at radius 1 is 1.21 bits per heavy atom. The normalized spacial score (nSPS) is 11.5. The fraction of sp³-hybridized carbons (Fsp3) is 0.200. The molecule has 3 rings (SSSR count). The standard InChI is InChI=1S/C20H20FN5O2/c1-3-4-17-18(13(2)23-24-19(27)14-9-11-22-12-10-14)20(28)26(25-17)16-7-5-15(21)6-8-16/h5-12,25H,3-4H2,1-2H3,(H,24,27). The quantitative estimate of drug-likeness (QED) is 0.508. The predicted molar refractivity (Wildman–Crippen MR) is 104 cm³/mol. The monoisotopic (exact) mass is 381 g/mol. The zero-order valence-corrected chi connectivity index (χ0v) is 15.6. The zero-order chi connectivity index (χ0) is 20.1. The lowest BCUT2D eigenvalue weighted by atomic mass is 10.1. The number of benzene rings is 1. The molecule has 0 aliphatic carbocycles. The van der Waals surface area contributed by atoms with Gasteiger partial charge in [-0.05, 0) is 49.7 Å². The molecule has 0 bridgehead atoms. The van der Waals surface area contributed by atoms with Gasteiger partial charge in [0.25, 0.3) is 11.5 Å². The van der Waals surface area contributed by atoms with E-state index >= 15 is 0 Å². The highest BCUT2D eigenvalue weighted by atomic mass is 19.1. The first-order chi connectivity index (χ1) is 13.5. The number of nitrogens with zero attached hydrogens (tertiary/aromatic N) is 3. The number of H-pyrrole nitrogens is 1. The number of carbonyl (C=O) groups is 1. The number of aryl methyl sites for hydroxylation is 1. The molecule has 28 heavy (non-hydrogen) atoms. The van der Waals surface area contributed by atoms with Crippen molar-refractivity contribution in [2.75, 3.05) is 0 Å². The molecule has 0 saturated carbocycles. The smallest absolute Gasteiger partial charge is 0.280 e. The van der Waals surface area contributed by atoms with E-state index < -0.39 is 5.91 Å². The van der Waals surface area contributed by atoms with Crippen molar-refractivity contribution < 1.29 is 9.18 Å². The minimum absolute atomic E-state index is 0.311. The molecule has 2 N–H and O–H groups in total. The second kappa shape index (κ2) is 8.43. The average molecular weight is 381 g/mol. The Morgan fingerprint density at radius 3 is 2.54 bits per heavy atom. The molecule has 0 aliphatic heterocycles.